The molecule has 0 aromatic heterocycles. The maximum atomic E-state index is 13.7. The molecule has 2 aliphatic rings. The fourth-order valence-electron chi connectivity index (χ4n) is 2.83. The predicted molar refractivity (Wildman–Crippen MR) is 66.0 cm³/mol. The minimum Gasteiger partial charge on any atom is -0.207 e. The minimum absolute atomic E-state index is 0.00962. The van der Waals surface area contributed by atoms with Crippen molar-refractivity contribution in [3.63, 3.8) is 0 Å². The molecule has 1 saturated heterocycles. The number of halogens is 1. The molecule has 0 spiro atoms. The second-order valence-corrected chi connectivity index (χ2v) is 6.54. The summed E-state index contributed by atoms with van der Waals surface area (Å²) in [6.07, 6.45) is 6.35. The maximum absolute atomic E-state index is 13.7. The Bertz CT molecular complexity index is 597. The summed E-state index contributed by atoms with van der Waals surface area (Å²) in [6.45, 7) is 0. The molecule has 0 N–H and O–H groups in total. The van der Waals surface area contributed by atoms with E-state index in [2.05, 4.69) is 0 Å². The normalized spacial score (nSPS) is 27.6. The molecule has 5 heteroatoms. The highest BCUT2D eigenvalue weighted by molar-refractivity contribution is 7.89. The van der Waals surface area contributed by atoms with E-state index >= 15 is 0 Å². The van der Waals surface area contributed by atoms with Gasteiger partial charge in [-0.1, -0.05) is 24.3 Å². The van der Waals surface area contributed by atoms with E-state index in [-0.39, 0.29) is 17.0 Å². The second kappa shape index (κ2) is 4.17. The lowest BCUT2D eigenvalue weighted by Crippen LogP contribution is -2.42. The molecule has 2 heterocycles. The lowest BCUT2D eigenvalue weighted by atomic mass is 10.2. The number of sulfonamides is 1. The van der Waals surface area contributed by atoms with Gasteiger partial charge in [0.25, 0.3) is 0 Å². The topological polar surface area (TPSA) is 37.4 Å². The van der Waals surface area contributed by atoms with Crippen molar-refractivity contribution in [1.29, 1.82) is 0 Å². The van der Waals surface area contributed by atoms with Gasteiger partial charge in [0.05, 0.1) is 0 Å². The highest BCUT2D eigenvalue weighted by Gasteiger charge is 2.43. The van der Waals surface area contributed by atoms with Crippen molar-refractivity contribution >= 4 is 10.0 Å². The van der Waals surface area contributed by atoms with Gasteiger partial charge < -0.3 is 0 Å². The summed E-state index contributed by atoms with van der Waals surface area (Å²) in [5, 5.41) is 0. The monoisotopic (exact) mass is 267 g/mol. The Labute approximate surface area is 106 Å². The SMILES string of the molecule is O=S(=O)(c1ccccc1F)N1C2C=CCC1CC2. The van der Waals surface area contributed by atoms with Crippen LogP contribution in [0.15, 0.2) is 41.3 Å². The van der Waals surface area contributed by atoms with Gasteiger partial charge >= 0.3 is 0 Å². The molecule has 0 saturated carbocycles. The van der Waals surface area contributed by atoms with Crippen molar-refractivity contribution in [3.8, 4) is 0 Å². The molecule has 2 atom stereocenters. The van der Waals surface area contributed by atoms with Gasteiger partial charge in [-0.3, -0.25) is 0 Å². The first-order chi connectivity index (χ1) is 8.60. The van der Waals surface area contributed by atoms with E-state index in [4.69, 9.17) is 0 Å². The maximum Gasteiger partial charge on any atom is 0.246 e. The first-order valence-electron chi connectivity index (χ1n) is 6.05. The number of hydrogen-bond donors (Lipinski definition) is 0. The Morgan fingerprint density at radius 3 is 2.72 bits per heavy atom. The van der Waals surface area contributed by atoms with E-state index in [0.717, 1.165) is 19.3 Å². The quantitative estimate of drug-likeness (QED) is 0.771. The van der Waals surface area contributed by atoms with Crippen LogP contribution in [0.25, 0.3) is 0 Å². The minimum atomic E-state index is -3.72. The molecule has 0 radical (unpaired) electrons. The fourth-order valence-corrected chi connectivity index (χ4v) is 4.73. The van der Waals surface area contributed by atoms with Gasteiger partial charge in [-0.15, -0.1) is 0 Å². The third-order valence-electron chi connectivity index (χ3n) is 3.64. The lowest BCUT2D eigenvalue weighted by molar-refractivity contribution is 0.339. The van der Waals surface area contributed by atoms with Crippen molar-refractivity contribution in [2.45, 2.75) is 36.2 Å². The van der Waals surface area contributed by atoms with Crippen LogP contribution in [0.5, 0.6) is 0 Å². The van der Waals surface area contributed by atoms with Gasteiger partial charge in [-0.2, -0.15) is 4.31 Å². The molecule has 1 fully saturated rings. The summed E-state index contributed by atoms with van der Waals surface area (Å²) in [5.74, 6) is -0.675. The highest BCUT2D eigenvalue weighted by Crippen LogP contribution is 2.36. The van der Waals surface area contributed by atoms with E-state index in [1.807, 2.05) is 12.2 Å². The molecule has 3 nitrogen and oxygen atoms in total. The van der Waals surface area contributed by atoms with Crippen LogP contribution < -0.4 is 0 Å². The van der Waals surface area contributed by atoms with Crippen LogP contribution in [0, 0.1) is 5.82 Å². The first kappa shape index (κ1) is 11.9. The van der Waals surface area contributed by atoms with Crippen LogP contribution in [-0.4, -0.2) is 24.8 Å². The third kappa shape index (κ3) is 1.69. The number of benzene rings is 1. The molecule has 2 aliphatic heterocycles. The molecular formula is C13H14FNO2S. The molecule has 96 valence electrons. The van der Waals surface area contributed by atoms with E-state index in [1.54, 1.807) is 6.07 Å². The third-order valence-corrected chi connectivity index (χ3v) is 5.65. The average molecular weight is 267 g/mol. The smallest absolute Gasteiger partial charge is 0.207 e. The summed E-state index contributed by atoms with van der Waals surface area (Å²) in [7, 11) is -3.72. The van der Waals surface area contributed by atoms with Crippen LogP contribution >= 0.6 is 0 Å². The number of rotatable bonds is 2. The molecule has 18 heavy (non-hydrogen) atoms. The van der Waals surface area contributed by atoms with Crippen LogP contribution in [-0.2, 0) is 10.0 Å². The highest BCUT2D eigenvalue weighted by atomic mass is 32.2. The Balaban J connectivity index is 2.07. The Hall–Kier alpha value is -1.20. The number of nitrogens with zero attached hydrogens (tertiary/aromatic N) is 1. The number of fused-ring (bicyclic) bond motifs is 2. The van der Waals surface area contributed by atoms with Crippen LogP contribution in [0.3, 0.4) is 0 Å². The zero-order chi connectivity index (χ0) is 12.8. The first-order valence-corrected chi connectivity index (χ1v) is 7.49. The molecule has 0 aliphatic carbocycles. The Morgan fingerprint density at radius 1 is 1.22 bits per heavy atom. The molecule has 3 rings (SSSR count). The van der Waals surface area contributed by atoms with Crippen molar-refractivity contribution in [3.05, 3.63) is 42.2 Å². The molecule has 2 bridgehead atoms. The van der Waals surface area contributed by atoms with E-state index in [1.165, 1.54) is 22.5 Å². The van der Waals surface area contributed by atoms with Crippen LogP contribution in [0.2, 0.25) is 0 Å². The van der Waals surface area contributed by atoms with Crippen molar-refractivity contribution < 1.29 is 12.8 Å². The fraction of sp³-hybridized carbons (Fsp3) is 0.385. The van der Waals surface area contributed by atoms with Crippen LogP contribution in [0.4, 0.5) is 4.39 Å². The molecular weight excluding hydrogens is 253 g/mol. The molecule has 2 unspecified atom stereocenters. The second-order valence-electron chi connectivity index (χ2n) is 4.73. The average Bonchev–Trinajstić information content (AvgIpc) is 2.62. The van der Waals surface area contributed by atoms with Gasteiger partial charge in [0.1, 0.15) is 10.7 Å². The Kier molecular flexibility index (Phi) is 2.75. The Morgan fingerprint density at radius 2 is 2.00 bits per heavy atom. The van der Waals surface area contributed by atoms with Gasteiger partial charge in [-0.05, 0) is 31.4 Å². The summed E-state index contributed by atoms with van der Waals surface area (Å²) in [6, 6.07) is 5.46. The van der Waals surface area contributed by atoms with Crippen LogP contribution in [0.1, 0.15) is 19.3 Å². The lowest BCUT2D eigenvalue weighted by Gasteiger charge is -2.30. The van der Waals surface area contributed by atoms with E-state index in [0.29, 0.717) is 0 Å². The molecule has 1 aromatic rings. The molecule has 1 aromatic carbocycles. The summed E-state index contributed by atoms with van der Waals surface area (Å²) < 4.78 is 40.2. The molecule has 0 amide bonds. The zero-order valence-corrected chi connectivity index (χ0v) is 10.6. The van der Waals surface area contributed by atoms with Crippen molar-refractivity contribution in [2.75, 3.05) is 0 Å². The van der Waals surface area contributed by atoms with Gasteiger partial charge in [0, 0.05) is 12.1 Å². The van der Waals surface area contributed by atoms with E-state index < -0.39 is 15.8 Å². The standard InChI is InChI=1S/C13H14FNO2S/c14-12-6-1-2-7-13(12)18(16,17)15-10-4-3-5-11(15)9-8-10/h1-4,6-7,10-11H,5,8-9H2. The van der Waals surface area contributed by atoms with Crippen molar-refractivity contribution in [2.24, 2.45) is 0 Å². The zero-order valence-electron chi connectivity index (χ0n) is 9.79. The van der Waals surface area contributed by atoms with Gasteiger partial charge in [-0.25, -0.2) is 12.8 Å². The van der Waals surface area contributed by atoms with Crippen molar-refractivity contribution in [1.82, 2.24) is 4.31 Å². The largest absolute Gasteiger partial charge is 0.246 e. The van der Waals surface area contributed by atoms with Gasteiger partial charge in [0.15, 0.2) is 0 Å². The summed E-state index contributed by atoms with van der Waals surface area (Å²) in [4.78, 5) is -0.211. The van der Waals surface area contributed by atoms with Gasteiger partial charge in [0.2, 0.25) is 10.0 Å². The summed E-state index contributed by atoms with van der Waals surface area (Å²) >= 11 is 0. The summed E-state index contributed by atoms with van der Waals surface area (Å²) in [5.41, 5.74) is 0. The van der Waals surface area contributed by atoms with E-state index in [9.17, 15) is 12.8 Å². The predicted octanol–water partition coefficient (Wildman–Crippen LogP) is 2.31. The number of hydrogen-bond acceptors (Lipinski definition) is 2.